The van der Waals surface area contributed by atoms with E-state index in [1.807, 2.05) is 25.1 Å². The van der Waals surface area contributed by atoms with Gasteiger partial charge in [0.05, 0.1) is 0 Å². The SMILES string of the molecule is CC#CCC(C)C/C=C/C1CCC[C@@H]1c1cccc(CCCC(=O)[O-])c1O.CN.[K+]. The maximum atomic E-state index is 10.7. The van der Waals surface area contributed by atoms with Gasteiger partial charge in [0.2, 0.25) is 0 Å². The number of phenolic OH excluding ortho intramolecular Hbond substituents is 1. The molecule has 0 amide bonds. The molecule has 0 aliphatic heterocycles. The summed E-state index contributed by atoms with van der Waals surface area (Å²) in [4.78, 5) is 10.6. The number of rotatable bonds is 9. The average molecular weight is 438 g/mol. The zero-order valence-corrected chi connectivity index (χ0v) is 22.2. The summed E-state index contributed by atoms with van der Waals surface area (Å²) in [6, 6.07) is 5.90. The first kappa shape index (κ1) is 29.4. The van der Waals surface area contributed by atoms with Crippen molar-refractivity contribution < 1.29 is 66.4 Å². The van der Waals surface area contributed by atoms with Gasteiger partial charge >= 0.3 is 51.4 Å². The Kier molecular flexibility index (Phi) is 16.7. The molecule has 5 heteroatoms. The van der Waals surface area contributed by atoms with Gasteiger partial charge in [-0.05, 0) is 81.4 Å². The van der Waals surface area contributed by atoms with Gasteiger partial charge in [0.25, 0.3) is 0 Å². The third-order valence-electron chi connectivity index (χ3n) is 5.50. The summed E-state index contributed by atoms with van der Waals surface area (Å²) in [5.41, 5.74) is 6.35. The van der Waals surface area contributed by atoms with Crippen molar-refractivity contribution in [3.63, 3.8) is 0 Å². The Balaban J connectivity index is 0.00000272. The fourth-order valence-electron chi connectivity index (χ4n) is 3.99. The van der Waals surface area contributed by atoms with Crippen LogP contribution in [0.5, 0.6) is 5.75 Å². The van der Waals surface area contributed by atoms with Gasteiger partial charge in [-0.1, -0.05) is 43.7 Å². The molecule has 3 N–H and O–H groups in total. The molecule has 0 spiro atoms. The second kappa shape index (κ2) is 17.0. The van der Waals surface area contributed by atoms with Crippen LogP contribution in [-0.2, 0) is 11.2 Å². The minimum atomic E-state index is -1.04. The Labute approximate surface area is 225 Å². The van der Waals surface area contributed by atoms with E-state index in [9.17, 15) is 15.0 Å². The number of aliphatic carboxylic acids is 1. The summed E-state index contributed by atoms with van der Waals surface area (Å²) >= 11 is 0. The summed E-state index contributed by atoms with van der Waals surface area (Å²) in [7, 11) is 1.50. The van der Waals surface area contributed by atoms with E-state index in [1.165, 1.54) is 13.5 Å². The number of benzene rings is 1. The maximum Gasteiger partial charge on any atom is 1.00 e. The molecule has 160 valence electrons. The predicted molar refractivity (Wildman–Crippen MR) is 117 cm³/mol. The number of allylic oxidation sites excluding steroid dienone is 2. The molecule has 0 heterocycles. The van der Waals surface area contributed by atoms with Crippen LogP contribution in [0.25, 0.3) is 0 Å². The van der Waals surface area contributed by atoms with Crippen molar-refractivity contribution in [3.8, 4) is 17.6 Å². The van der Waals surface area contributed by atoms with Crippen LogP contribution >= 0.6 is 0 Å². The fraction of sp³-hybridized carbons (Fsp3) is 0.560. The van der Waals surface area contributed by atoms with Crippen LogP contribution in [0.3, 0.4) is 0 Å². The average Bonchev–Trinajstić information content (AvgIpc) is 3.17. The molecule has 0 saturated heterocycles. The van der Waals surface area contributed by atoms with Crippen LogP contribution in [0.2, 0.25) is 0 Å². The van der Waals surface area contributed by atoms with Crippen LogP contribution in [0.1, 0.15) is 75.8 Å². The molecule has 1 aliphatic rings. The maximum absolute atomic E-state index is 10.7. The summed E-state index contributed by atoms with van der Waals surface area (Å²) < 4.78 is 0. The smallest absolute Gasteiger partial charge is 0.550 e. The van der Waals surface area contributed by atoms with E-state index in [-0.39, 0.29) is 57.8 Å². The van der Waals surface area contributed by atoms with Crippen molar-refractivity contribution in [2.75, 3.05) is 7.05 Å². The van der Waals surface area contributed by atoms with Gasteiger partial charge < -0.3 is 20.7 Å². The van der Waals surface area contributed by atoms with E-state index in [0.717, 1.165) is 36.8 Å². The van der Waals surface area contributed by atoms with Crippen molar-refractivity contribution in [2.45, 2.75) is 71.1 Å². The van der Waals surface area contributed by atoms with Crippen LogP contribution in [0.4, 0.5) is 0 Å². The molecule has 2 unspecified atom stereocenters. The monoisotopic (exact) mass is 437 g/mol. The van der Waals surface area contributed by atoms with E-state index < -0.39 is 5.97 Å². The number of phenols is 1. The minimum absolute atomic E-state index is 0. The molecule has 1 aromatic carbocycles. The molecule has 2 rings (SSSR count). The molecule has 1 aliphatic carbocycles. The zero-order valence-electron chi connectivity index (χ0n) is 19.1. The van der Waals surface area contributed by atoms with Crippen molar-refractivity contribution in [3.05, 3.63) is 41.5 Å². The number of hydrogen-bond acceptors (Lipinski definition) is 4. The van der Waals surface area contributed by atoms with Crippen LogP contribution in [0.15, 0.2) is 30.4 Å². The molecule has 1 aromatic rings. The normalized spacial score (nSPS) is 18.5. The molecule has 0 aromatic heterocycles. The number of aromatic hydroxyl groups is 1. The molecular formula is C25H36KNO3. The predicted octanol–water partition coefficient (Wildman–Crippen LogP) is 0.923. The topological polar surface area (TPSA) is 86.4 Å². The molecule has 0 radical (unpaired) electrons. The van der Waals surface area contributed by atoms with Crippen molar-refractivity contribution in [1.29, 1.82) is 0 Å². The number of carbonyl (C=O) groups is 1. The second-order valence-corrected chi connectivity index (χ2v) is 7.68. The van der Waals surface area contributed by atoms with Gasteiger partial charge in [0, 0.05) is 12.4 Å². The van der Waals surface area contributed by atoms with Crippen LogP contribution in [-0.4, -0.2) is 18.1 Å². The Morgan fingerprint density at radius 1 is 1.37 bits per heavy atom. The number of nitrogens with two attached hydrogens (primary N) is 1. The first-order chi connectivity index (χ1) is 14.0. The Morgan fingerprint density at radius 3 is 2.77 bits per heavy atom. The molecule has 30 heavy (non-hydrogen) atoms. The standard InChI is InChI=1S/C24H32O3.CH5N.K/c1-3-4-9-18(2)10-5-11-19-12-6-15-21(19)22-16-7-13-20(24(22)27)14-8-17-23(25)26;1-2;/h5,7,11,13,16,18-19,21,27H,6,8-10,12,14-15,17H2,1-2H3,(H,25,26);2H2,1H3;/q;;+1/p-1/b11-5+;;/t18?,19?,21-;;/m0../s1. The molecule has 4 nitrogen and oxygen atoms in total. The number of carboxylic acid groups (broad SMARTS) is 1. The van der Waals surface area contributed by atoms with E-state index in [2.05, 4.69) is 36.7 Å². The van der Waals surface area contributed by atoms with Crippen LogP contribution in [0, 0.1) is 23.7 Å². The van der Waals surface area contributed by atoms with E-state index in [0.29, 0.717) is 36.3 Å². The first-order valence-corrected chi connectivity index (χ1v) is 10.7. The molecule has 1 saturated carbocycles. The molecule has 3 atom stereocenters. The van der Waals surface area contributed by atoms with Gasteiger partial charge in [-0.3, -0.25) is 0 Å². The molecule has 0 bridgehead atoms. The van der Waals surface area contributed by atoms with Gasteiger partial charge in [0.15, 0.2) is 0 Å². The number of carbonyl (C=O) groups excluding carboxylic acids is 1. The largest absolute Gasteiger partial charge is 1.00 e. The Bertz CT molecular complexity index is 721. The summed E-state index contributed by atoms with van der Waals surface area (Å²) in [6.07, 6.45) is 11.1. The van der Waals surface area contributed by atoms with E-state index in [4.69, 9.17) is 0 Å². The number of carboxylic acids is 1. The zero-order chi connectivity index (χ0) is 21.6. The number of aryl methyl sites for hydroxylation is 1. The number of hydrogen-bond donors (Lipinski definition) is 2. The summed E-state index contributed by atoms with van der Waals surface area (Å²) in [6.45, 7) is 4.10. The van der Waals surface area contributed by atoms with Gasteiger partial charge in [0.1, 0.15) is 5.75 Å². The van der Waals surface area contributed by atoms with E-state index >= 15 is 0 Å². The minimum Gasteiger partial charge on any atom is -0.550 e. The molecule has 1 fully saturated rings. The molecular weight excluding hydrogens is 401 g/mol. The first-order valence-electron chi connectivity index (χ1n) is 10.7. The summed E-state index contributed by atoms with van der Waals surface area (Å²) in [5.74, 6) is 6.77. The van der Waals surface area contributed by atoms with Gasteiger partial charge in [-0.15, -0.1) is 11.8 Å². The third-order valence-corrected chi connectivity index (χ3v) is 5.50. The van der Waals surface area contributed by atoms with Gasteiger partial charge in [-0.2, -0.15) is 0 Å². The number of para-hydroxylation sites is 1. The second-order valence-electron chi connectivity index (χ2n) is 7.68. The van der Waals surface area contributed by atoms with E-state index in [1.54, 1.807) is 0 Å². The van der Waals surface area contributed by atoms with Gasteiger partial charge in [-0.25, -0.2) is 0 Å². The fourth-order valence-corrected chi connectivity index (χ4v) is 3.99. The quantitative estimate of drug-likeness (QED) is 0.342. The van der Waals surface area contributed by atoms with Crippen molar-refractivity contribution in [2.24, 2.45) is 17.6 Å². The van der Waals surface area contributed by atoms with Crippen molar-refractivity contribution >= 4 is 5.97 Å². The summed E-state index contributed by atoms with van der Waals surface area (Å²) in [5, 5.41) is 21.4. The third kappa shape index (κ3) is 10.1. The van der Waals surface area contributed by atoms with Crippen molar-refractivity contribution in [1.82, 2.24) is 0 Å². The van der Waals surface area contributed by atoms with Crippen LogP contribution < -0.4 is 62.2 Å². The Hall–Kier alpha value is -0.614. The Morgan fingerprint density at radius 2 is 2.10 bits per heavy atom.